The van der Waals surface area contributed by atoms with Gasteiger partial charge in [0.15, 0.2) is 0 Å². The molecule has 1 unspecified atom stereocenters. The maximum absolute atomic E-state index is 13.7. The van der Waals surface area contributed by atoms with Gasteiger partial charge in [0.05, 0.1) is 0 Å². The molecule has 4 aliphatic rings. The summed E-state index contributed by atoms with van der Waals surface area (Å²) in [6.45, 7) is 7.20. The van der Waals surface area contributed by atoms with E-state index in [2.05, 4.69) is 34.4 Å². The number of hydrogen-bond donors (Lipinski definition) is 2. The summed E-state index contributed by atoms with van der Waals surface area (Å²) in [5, 5.41) is 6.41. The number of aromatic nitrogens is 2. The molecule has 2 amide bonds. The summed E-state index contributed by atoms with van der Waals surface area (Å²) >= 11 is 0. The van der Waals surface area contributed by atoms with Crippen LogP contribution in [0, 0.1) is 5.41 Å². The highest BCUT2D eigenvalue weighted by atomic mass is 16.2. The molecule has 1 saturated carbocycles. The van der Waals surface area contributed by atoms with Crippen molar-refractivity contribution in [2.45, 2.75) is 83.3 Å². The van der Waals surface area contributed by atoms with E-state index in [9.17, 15) is 9.59 Å². The number of rotatable bonds is 4. The number of carbonyl (C=O) groups is 2. The third-order valence-corrected chi connectivity index (χ3v) is 7.75. The second-order valence-electron chi connectivity index (χ2n) is 9.97. The topological polar surface area (TPSA) is 90.5 Å². The molecule has 8 nitrogen and oxygen atoms in total. The lowest BCUT2D eigenvalue weighted by atomic mass is 9.76. The fraction of sp³-hybridized carbons (Fsp3) is 0.739. The monoisotopic (exact) mass is 426 g/mol. The van der Waals surface area contributed by atoms with Crippen LogP contribution in [-0.4, -0.2) is 64.4 Å². The molecular weight excluding hydrogens is 392 g/mol. The van der Waals surface area contributed by atoms with E-state index in [0.29, 0.717) is 37.4 Å². The highest BCUT2D eigenvalue weighted by Crippen LogP contribution is 2.44. The first kappa shape index (κ1) is 20.7. The van der Waals surface area contributed by atoms with Crippen LogP contribution in [0.25, 0.3) is 0 Å². The van der Waals surface area contributed by atoms with Crippen molar-refractivity contribution < 1.29 is 9.59 Å². The van der Waals surface area contributed by atoms with Crippen molar-refractivity contribution in [3.05, 3.63) is 11.8 Å². The molecule has 1 atom stereocenters. The van der Waals surface area contributed by atoms with Gasteiger partial charge in [-0.25, -0.2) is 4.98 Å². The van der Waals surface area contributed by atoms with Gasteiger partial charge in [-0.3, -0.25) is 14.5 Å². The summed E-state index contributed by atoms with van der Waals surface area (Å²) in [6.07, 6.45) is 9.12. The van der Waals surface area contributed by atoms with Gasteiger partial charge in [-0.1, -0.05) is 12.8 Å². The van der Waals surface area contributed by atoms with Gasteiger partial charge < -0.3 is 15.5 Å². The second-order valence-corrected chi connectivity index (χ2v) is 9.97. The number of anilines is 2. The van der Waals surface area contributed by atoms with Gasteiger partial charge in [-0.2, -0.15) is 4.98 Å². The van der Waals surface area contributed by atoms with Crippen LogP contribution in [0.15, 0.2) is 6.20 Å². The summed E-state index contributed by atoms with van der Waals surface area (Å²) in [5.41, 5.74) is -0.0545. The molecule has 1 spiro atoms. The van der Waals surface area contributed by atoms with E-state index >= 15 is 0 Å². The average molecular weight is 427 g/mol. The van der Waals surface area contributed by atoms with Gasteiger partial charge in [-0.05, 0) is 46.0 Å². The van der Waals surface area contributed by atoms with Crippen molar-refractivity contribution in [2.75, 3.05) is 29.9 Å². The fourth-order valence-electron chi connectivity index (χ4n) is 5.82. The van der Waals surface area contributed by atoms with Crippen LogP contribution in [0.2, 0.25) is 0 Å². The lowest BCUT2D eigenvalue weighted by Crippen LogP contribution is -2.56. The first-order valence-electron chi connectivity index (χ1n) is 12.0. The Morgan fingerprint density at radius 2 is 1.90 bits per heavy atom. The molecule has 0 aromatic carbocycles. The lowest BCUT2D eigenvalue weighted by Gasteiger charge is -2.41. The van der Waals surface area contributed by atoms with Crippen molar-refractivity contribution >= 4 is 23.6 Å². The fourth-order valence-corrected chi connectivity index (χ4v) is 5.82. The summed E-state index contributed by atoms with van der Waals surface area (Å²) in [7, 11) is 0. The SMILES string of the molecule is CC(C)N1CCC(Nc2ncc3c(n2)N(C2CCCC2)C(=O)C2(CCNC2=O)C3)CC1. The van der Waals surface area contributed by atoms with Crippen LogP contribution in [0.4, 0.5) is 11.8 Å². The highest BCUT2D eigenvalue weighted by molar-refractivity contribution is 6.14. The lowest BCUT2D eigenvalue weighted by molar-refractivity contribution is -0.140. The van der Waals surface area contributed by atoms with E-state index in [1.54, 1.807) is 0 Å². The third kappa shape index (κ3) is 3.58. The number of nitrogens with zero attached hydrogens (tertiary/aromatic N) is 4. The molecular formula is C23H34N6O2. The molecule has 168 valence electrons. The molecule has 0 radical (unpaired) electrons. The van der Waals surface area contributed by atoms with E-state index in [1.807, 2.05) is 11.1 Å². The molecule has 4 heterocycles. The number of piperidine rings is 1. The number of carbonyl (C=O) groups excluding carboxylic acids is 2. The Morgan fingerprint density at radius 3 is 2.55 bits per heavy atom. The molecule has 31 heavy (non-hydrogen) atoms. The average Bonchev–Trinajstić information content (AvgIpc) is 3.41. The highest BCUT2D eigenvalue weighted by Gasteiger charge is 2.56. The molecule has 2 saturated heterocycles. The Bertz CT molecular complexity index is 860. The number of nitrogens with one attached hydrogen (secondary N) is 2. The smallest absolute Gasteiger partial charge is 0.244 e. The zero-order valence-corrected chi connectivity index (χ0v) is 18.7. The largest absolute Gasteiger partial charge is 0.355 e. The Balaban J connectivity index is 1.41. The second kappa shape index (κ2) is 8.04. The van der Waals surface area contributed by atoms with Crippen molar-refractivity contribution in [3.63, 3.8) is 0 Å². The van der Waals surface area contributed by atoms with Crippen LogP contribution in [-0.2, 0) is 16.0 Å². The number of hydrogen-bond acceptors (Lipinski definition) is 6. The van der Waals surface area contributed by atoms with Gasteiger partial charge in [0.25, 0.3) is 0 Å². The van der Waals surface area contributed by atoms with Crippen LogP contribution >= 0.6 is 0 Å². The third-order valence-electron chi connectivity index (χ3n) is 7.75. The van der Waals surface area contributed by atoms with Crippen molar-refractivity contribution in [1.29, 1.82) is 0 Å². The van der Waals surface area contributed by atoms with E-state index in [0.717, 1.165) is 63.0 Å². The van der Waals surface area contributed by atoms with Gasteiger partial charge in [0.1, 0.15) is 11.2 Å². The molecule has 0 bridgehead atoms. The number of likely N-dealkylation sites (tertiary alicyclic amines) is 1. The normalized spacial score (nSPS) is 27.9. The first-order chi connectivity index (χ1) is 15.0. The van der Waals surface area contributed by atoms with Crippen LogP contribution in [0.5, 0.6) is 0 Å². The van der Waals surface area contributed by atoms with Crippen molar-refractivity contribution in [2.24, 2.45) is 5.41 Å². The van der Waals surface area contributed by atoms with E-state index in [4.69, 9.17) is 4.98 Å². The maximum atomic E-state index is 13.7. The molecule has 3 aliphatic heterocycles. The summed E-state index contributed by atoms with van der Waals surface area (Å²) in [4.78, 5) is 40.2. The molecule has 1 aromatic rings. The summed E-state index contributed by atoms with van der Waals surface area (Å²) in [6, 6.07) is 1.06. The Hall–Kier alpha value is -2.22. The first-order valence-corrected chi connectivity index (χ1v) is 12.0. The van der Waals surface area contributed by atoms with Gasteiger partial charge >= 0.3 is 0 Å². The van der Waals surface area contributed by atoms with E-state index < -0.39 is 5.41 Å². The van der Waals surface area contributed by atoms with Crippen molar-refractivity contribution in [1.82, 2.24) is 20.2 Å². The van der Waals surface area contributed by atoms with E-state index in [-0.39, 0.29) is 17.9 Å². The predicted molar refractivity (Wildman–Crippen MR) is 119 cm³/mol. The molecule has 2 N–H and O–H groups in total. The van der Waals surface area contributed by atoms with Crippen LogP contribution in [0.3, 0.4) is 0 Å². The Labute approximate surface area is 184 Å². The molecule has 1 aromatic heterocycles. The number of fused-ring (bicyclic) bond motifs is 1. The minimum absolute atomic E-state index is 0.0585. The van der Waals surface area contributed by atoms with Gasteiger partial charge in [0, 0.05) is 55.9 Å². The summed E-state index contributed by atoms with van der Waals surface area (Å²) in [5.74, 6) is 1.13. The van der Waals surface area contributed by atoms with Crippen LogP contribution < -0.4 is 15.5 Å². The van der Waals surface area contributed by atoms with Gasteiger partial charge in [-0.15, -0.1) is 0 Å². The predicted octanol–water partition coefficient (Wildman–Crippen LogP) is 2.10. The molecule has 8 heteroatoms. The number of amides is 2. The zero-order chi connectivity index (χ0) is 21.6. The standard InChI is InChI=1S/C23H34N6O2/c1-15(2)28-11-7-17(8-12-28)26-22-25-14-16-13-23(9-10-24-20(23)30)21(31)29(19(16)27-22)18-5-3-4-6-18/h14-15,17-18H,3-13H2,1-2H3,(H,24,30)(H,25,26,27). The Kier molecular flexibility index (Phi) is 5.36. The zero-order valence-electron chi connectivity index (χ0n) is 18.7. The summed E-state index contributed by atoms with van der Waals surface area (Å²) < 4.78 is 0. The minimum Gasteiger partial charge on any atom is -0.355 e. The quantitative estimate of drug-likeness (QED) is 0.717. The van der Waals surface area contributed by atoms with Crippen LogP contribution in [0.1, 0.15) is 64.4 Å². The van der Waals surface area contributed by atoms with Crippen molar-refractivity contribution in [3.8, 4) is 0 Å². The molecule has 5 rings (SSSR count). The Morgan fingerprint density at radius 1 is 1.16 bits per heavy atom. The van der Waals surface area contributed by atoms with E-state index in [1.165, 1.54) is 0 Å². The molecule has 1 aliphatic carbocycles. The minimum atomic E-state index is -0.975. The van der Waals surface area contributed by atoms with Gasteiger partial charge in [0.2, 0.25) is 17.8 Å². The maximum Gasteiger partial charge on any atom is 0.244 e. The molecule has 3 fully saturated rings.